The van der Waals surface area contributed by atoms with Gasteiger partial charge in [0, 0.05) is 37.8 Å². The van der Waals surface area contributed by atoms with E-state index in [1.807, 2.05) is 66.8 Å². The van der Waals surface area contributed by atoms with Crippen molar-refractivity contribution >= 4 is 5.91 Å². The average molecular weight is 383 g/mol. The maximum atomic E-state index is 13.3. The second-order valence-corrected chi connectivity index (χ2v) is 7.42. The average Bonchev–Trinajstić information content (AvgIpc) is 3.42. The number of nitrogens with zero attached hydrogens (tertiary/aromatic N) is 4. The number of aryl methyl sites for hydroxylation is 1. The van der Waals surface area contributed by atoms with Crippen LogP contribution in [0, 0.1) is 0 Å². The quantitative estimate of drug-likeness (QED) is 0.588. The highest BCUT2D eigenvalue weighted by Crippen LogP contribution is 2.34. The highest BCUT2D eigenvalue weighted by Gasteiger charge is 2.31. The van der Waals surface area contributed by atoms with Crippen molar-refractivity contribution in [2.75, 3.05) is 6.54 Å². The van der Waals surface area contributed by atoms with E-state index in [0.29, 0.717) is 18.8 Å². The van der Waals surface area contributed by atoms with Crippen molar-refractivity contribution in [3.05, 3.63) is 95.4 Å². The number of carbonyl (C=O) groups excluding carboxylic acids is 1. The van der Waals surface area contributed by atoms with Crippen LogP contribution in [0.4, 0.5) is 0 Å². The van der Waals surface area contributed by atoms with Crippen LogP contribution < -0.4 is 0 Å². The zero-order valence-corrected chi connectivity index (χ0v) is 16.1. The topological polar surface area (TPSA) is 66.8 Å². The molecule has 0 bridgehead atoms. The van der Waals surface area contributed by atoms with Crippen LogP contribution in [0.3, 0.4) is 0 Å². The normalized spacial score (nSPS) is 15.9. The van der Waals surface area contributed by atoms with Gasteiger partial charge in [0.2, 0.25) is 0 Å². The number of hydrogen-bond donors (Lipinski definition) is 1. The molecule has 4 aromatic rings. The monoisotopic (exact) mass is 383 g/mol. The molecule has 6 nitrogen and oxygen atoms in total. The van der Waals surface area contributed by atoms with Crippen LogP contribution >= 0.6 is 0 Å². The molecular formula is C23H21N5O. The summed E-state index contributed by atoms with van der Waals surface area (Å²) in [5.41, 5.74) is 5.82. The molecule has 1 amide bonds. The Morgan fingerprint density at radius 1 is 1.10 bits per heavy atom. The predicted octanol–water partition coefficient (Wildman–Crippen LogP) is 3.60. The van der Waals surface area contributed by atoms with Crippen LogP contribution in [-0.4, -0.2) is 37.3 Å². The second kappa shape index (κ2) is 7.05. The van der Waals surface area contributed by atoms with Crippen molar-refractivity contribution in [3.8, 4) is 11.3 Å². The summed E-state index contributed by atoms with van der Waals surface area (Å²) in [5, 5.41) is 11.6. The first kappa shape index (κ1) is 17.4. The Bertz CT molecular complexity index is 1160. The predicted molar refractivity (Wildman–Crippen MR) is 110 cm³/mol. The molecule has 0 saturated heterocycles. The van der Waals surface area contributed by atoms with E-state index >= 15 is 0 Å². The van der Waals surface area contributed by atoms with Gasteiger partial charge in [0.1, 0.15) is 5.69 Å². The van der Waals surface area contributed by atoms with E-state index in [9.17, 15) is 4.79 Å². The van der Waals surface area contributed by atoms with E-state index < -0.39 is 0 Å². The Morgan fingerprint density at radius 3 is 2.69 bits per heavy atom. The summed E-state index contributed by atoms with van der Waals surface area (Å²) < 4.78 is 1.81. The maximum Gasteiger partial charge on any atom is 0.272 e. The maximum absolute atomic E-state index is 13.3. The zero-order valence-electron chi connectivity index (χ0n) is 16.1. The number of aromatic nitrogens is 4. The Labute approximate surface area is 168 Å². The van der Waals surface area contributed by atoms with Crippen LogP contribution in [0.5, 0.6) is 0 Å². The Balaban J connectivity index is 1.46. The van der Waals surface area contributed by atoms with E-state index in [1.54, 1.807) is 4.68 Å². The fourth-order valence-corrected chi connectivity index (χ4v) is 4.03. The van der Waals surface area contributed by atoms with Crippen LogP contribution in [0.25, 0.3) is 11.3 Å². The first-order chi connectivity index (χ1) is 14.2. The number of hydrogen-bond acceptors (Lipinski definition) is 3. The van der Waals surface area contributed by atoms with Gasteiger partial charge in [-0.25, -0.2) is 0 Å². The van der Waals surface area contributed by atoms with Gasteiger partial charge in [0.05, 0.1) is 11.9 Å². The largest absolute Gasteiger partial charge is 0.332 e. The van der Waals surface area contributed by atoms with E-state index in [1.165, 1.54) is 11.1 Å². The smallest absolute Gasteiger partial charge is 0.272 e. The lowest BCUT2D eigenvalue weighted by Gasteiger charge is -2.34. The molecule has 0 fully saturated rings. The van der Waals surface area contributed by atoms with Crippen molar-refractivity contribution in [1.82, 2.24) is 24.9 Å². The lowest BCUT2D eigenvalue weighted by Crippen LogP contribution is -2.38. The fraction of sp³-hybridized carbons (Fsp3) is 0.174. The third-order valence-electron chi connectivity index (χ3n) is 5.49. The first-order valence-electron chi connectivity index (χ1n) is 9.65. The van der Waals surface area contributed by atoms with Gasteiger partial charge in [-0.15, -0.1) is 0 Å². The molecule has 2 aromatic carbocycles. The van der Waals surface area contributed by atoms with Crippen molar-refractivity contribution in [2.24, 2.45) is 7.05 Å². The fourth-order valence-electron chi connectivity index (χ4n) is 4.03. The molecule has 0 saturated carbocycles. The molecular weight excluding hydrogens is 362 g/mol. The molecule has 0 spiro atoms. The highest BCUT2D eigenvalue weighted by atomic mass is 16.2. The van der Waals surface area contributed by atoms with Gasteiger partial charge in [0.25, 0.3) is 5.91 Å². The number of amides is 1. The lowest BCUT2D eigenvalue weighted by molar-refractivity contribution is 0.0719. The van der Waals surface area contributed by atoms with Crippen LogP contribution in [-0.2, 0) is 13.6 Å². The SMILES string of the molecule is Cn1cc([C@H]2CN(C(=O)c3cc(-c4ccccc4)n[nH]3)Cc3ccccc32)cn1. The minimum absolute atomic E-state index is 0.0388. The zero-order chi connectivity index (χ0) is 19.8. The number of carbonyl (C=O) groups is 1. The summed E-state index contributed by atoms with van der Waals surface area (Å²) in [4.78, 5) is 15.2. The van der Waals surface area contributed by atoms with Gasteiger partial charge in [0.15, 0.2) is 0 Å². The number of benzene rings is 2. The molecule has 29 heavy (non-hydrogen) atoms. The van der Waals surface area contributed by atoms with Crippen molar-refractivity contribution in [1.29, 1.82) is 0 Å². The molecule has 1 aliphatic heterocycles. The molecule has 1 aliphatic rings. The molecule has 5 rings (SSSR count). The van der Waals surface area contributed by atoms with Crippen LogP contribution in [0.15, 0.2) is 73.1 Å². The van der Waals surface area contributed by atoms with Crippen molar-refractivity contribution in [2.45, 2.75) is 12.5 Å². The number of rotatable bonds is 3. The summed E-state index contributed by atoms with van der Waals surface area (Å²) in [7, 11) is 1.91. The Kier molecular flexibility index (Phi) is 4.24. The van der Waals surface area contributed by atoms with Gasteiger partial charge in [-0.2, -0.15) is 10.2 Å². The third kappa shape index (κ3) is 3.23. The van der Waals surface area contributed by atoms with Crippen LogP contribution in [0.2, 0.25) is 0 Å². The van der Waals surface area contributed by atoms with Gasteiger partial charge in [-0.05, 0) is 22.8 Å². The van der Waals surface area contributed by atoms with E-state index in [4.69, 9.17) is 0 Å². The molecule has 3 heterocycles. The van der Waals surface area contributed by atoms with E-state index in [-0.39, 0.29) is 11.8 Å². The molecule has 1 N–H and O–H groups in total. The van der Waals surface area contributed by atoms with Gasteiger partial charge < -0.3 is 4.90 Å². The third-order valence-corrected chi connectivity index (χ3v) is 5.49. The van der Waals surface area contributed by atoms with E-state index in [2.05, 4.69) is 33.5 Å². The highest BCUT2D eigenvalue weighted by molar-refractivity contribution is 5.93. The molecule has 1 atom stereocenters. The molecule has 0 unspecified atom stereocenters. The number of H-pyrrole nitrogens is 1. The summed E-state index contributed by atoms with van der Waals surface area (Å²) in [6.07, 6.45) is 3.91. The lowest BCUT2D eigenvalue weighted by atomic mass is 9.86. The standard InChI is InChI=1S/C23H21N5O/c1-27-13-18(12-24-27)20-15-28(14-17-9-5-6-10-19(17)20)23(29)22-11-21(25-26-22)16-7-3-2-4-8-16/h2-13,20H,14-15H2,1H3,(H,25,26)/t20-/m1/s1. The number of aromatic amines is 1. The van der Waals surface area contributed by atoms with Gasteiger partial charge >= 0.3 is 0 Å². The molecule has 0 radical (unpaired) electrons. The van der Waals surface area contributed by atoms with Gasteiger partial charge in [-0.3, -0.25) is 14.6 Å². The van der Waals surface area contributed by atoms with Crippen LogP contribution in [0.1, 0.15) is 33.1 Å². The number of fused-ring (bicyclic) bond motifs is 1. The second-order valence-electron chi connectivity index (χ2n) is 7.42. The Hall–Kier alpha value is -3.67. The molecule has 144 valence electrons. The van der Waals surface area contributed by atoms with Crippen molar-refractivity contribution in [3.63, 3.8) is 0 Å². The first-order valence-corrected chi connectivity index (χ1v) is 9.65. The number of nitrogens with one attached hydrogen (secondary N) is 1. The molecule has 2 aromatic heterocycles. The summed E-state index contributed by atoms with van der Waals surface area (Å²) >= 11 is 0. The summed E-state index contributed by atoms with van der Waals surface area (Å²) in [6.45, 7) is 1.20. The summed E-state index contributed by atoms with van der Waals surface area (Å²) in [5.74, 6) is 0.0668. The molecule has 0 aliphatic carbocycles. The Morgan fingerprint density at radius 2 is 1.90 bits per heavy atom. The molecule has 6 heteroatoms. The minimum atomic E-state index is -0.0388. The minimum Gasteiger partial charge on any atom is -0.332 e. The van der Waals surface area contributed by atoms with Gasteiger partial charge in [-0.1, -0.05) is 54.6 Å². The van der Waals surface area contributed by atoms with Crippen molar-refractivity contribution < 1.29 is 4.79 Å². The van der Waals surface area contributed by atoms with E-state index in [0.717, 1.165) is 16.8 Å². The summed E-state index contributed by atoms with van der Waals surface area (Å²) in [6, 6.07) is 20.0.